The van der Waals surface area contributed by atoms with Crippen molar-refractivity contribution in [2.45, 2.75) is 32.5 Å². The molecule has 0 saturated carbocycles. The van der Waals surface area contributed by atoms with Crippen molar-refractivity contribution in [1.82, 2.24) is 0 Å². The molecule has 0 heterocycles. The van der Waals surface area contributed by atoms with Crippen molar-refractivity contribution in [2.75, 3.05) is 13.2 Å². The van der Waals surface area contributed by atoms with Gasteiger partial charge in [-0.05, 0) is 12.7 Å². The number of rotatable bonds is 5. The number of unbranched alkanes of at least 4 members (excludes halogenated alkanes) is 1. The van der Waals surface area contributed by atoms with Crippen LogP contribution < -0.4 is 0 Å². The van der Waals surface area contributed by atoms with Gasteiger partial charge in [-0.2, -0.15) is 0 Å². The predicted octanol–water partition coefficient (Wildman–Crippen LogP) is -0.380. The first-order valence-corrected chi connectivity index (χ1v) is 4.26. The number of aliphatic hydroxyl groups is 2. The minimum atomic E-state index is -1.10. The van der Waals surface area contributed by atoms with Crippen LogP contribution in [0.4, 0.5) is 0 Å². The molecule has 0 saturated heterocycles. The van der Waals surface area contributed by atoms with Crippen LogP contribution in [0.3, 0.4) is 0 Å². The average molecular weight is 178 g/mol. The van der Waals surface area contributed by atoms with E-state index in [1.54, 1.807) is 0 Å². The highest BCUT2D eigenvalue weighted by Crippen LogP contribution is 1.94. The molecule has 0 aromatic rings. The second-order valence-corrected chi connectivity index (χ2v) is 2.42. The van der Waals surface area contributed by atoms with Crippen molar-refractivity contribution >= 4 is 7.12 Å². The first-order chi connectivity index (χ1) is 5.68. The highest BCUT2D eigenvalue weighted by Gasteiger charge is 2.02. The molecule has 5 heteroatoms. The first kappa shape index (κ1) is 14.4. The molecule has 74 valence electrons. The van der Waals surface area contributed by atoms with Crippen molar-refractivity contribution in [3.05, 3.63) is 0 Å². The summed E-state index contributed by atoms with van der Waals surface area (Å²) in [6, 6.07) is 0. The summed E-state index contributed by atoms with van der Waals surface area (Å²) in [6.45, 7) is 2.20. The van der Waals surface area contributed by atoms with Crippen LogP contribution in [0.15, 0.2) is 0 Å². The maximum atomic E-state index is 8.24. The van der Waals surface area contributed by atoms with Crippen LogP contribution in [0.25, 0.3) is 0 Å². The van der Waals surface area contributed by atoms with Gasteiger partial charge in [0.25, 0.3) is 0 Å². The first-order valence-electron chi connectivity index (χ1n) is 4.26. The van der Waals surface area contributed by atoms with E-state index in [2.05, 4.69) is 0 Å². The van der Waals surface area contributed by atoms with Gasteiger partial charge in [-0.25, -0.2) is 0 Å². The Labute approximate surface area is 74.0 Å². The second-order valence-electron chi connectivity index (χ2n) is 2.42. The Balaban J connectivity index is 0. The third-order valence-electron chi connectivity index (χ3n) is 1.13. The molecule has 0 rings (SSSR count). The van der Waals surface area contributed by atoms with Crippen LogP contribution in [0, 0.1) is 0 Å². The van der Waals surface area contributed by atoms with Crippen LogP contribution >= 0.6 is 0 Å². The largest absolute Gasteiger partial charge is 0.451 e. The van der Waals surface area contributed by atoms with E-state index in [0.29, 0.717) is 12.7 Å². The zero-order valence-electron chi connectivity index (χ0n) is 7.61. The van der Waals surface area contributed by atoms with Crippen LogP contribution in [0.1, 0.15) is 26.2 Å². The van der Waals surface area contributed by atoms with Crippen molar-refractivity contribution < 1.29 is 20.3 Å². The van der Waals surface area contributed by atoms with Crippen LogP contribution in [-0.4, -0.2) is 40.6 Å². The van der Waals surface area contributed by atoms with Crippen LogP contribution in [0.5, 0.6) is 0 Å². The van der Waals surface area contributed by atoms with Gasteiger partial charge in [0.15, 0.2) is 0 Å². The number of hydrogen-bond donors (Lipinski definition) is 4. The summed E-state index contributed by atoms with van der Waals surface area (Å²) in [7, 11) is -1.10. The molecule has 0 unspecified atom stereocenters. The van der Waals surface area contributed by atoms with Crippen molar-refractivity contribution in [3.8, 4) is 0 Å². The van der Waals surface area contributed by atoms with Gasteiger partial charge in [-0.1, -0.05) is 19.8 Å². The Hall–Kier alpha value is -0.0951. The van der Waals surface area contributed by atoms with E-state index in [0.717, 1.165) is 12.8 Å². The van der Waals surface area contributed by atoms with E-state index < -0.39 is 7.12 Å². The summed E-state index contributed by atoms with van der Waals surface area (Å²) in [5.74, 6) is 0. The molecule has 0 aromatic carbocycles. The molecule has 0 bridgehead atoms. The summed E-state index contributed by atoms with van der Waals surface area (Å²) >= 11 is 0. The standard InChI is InChI=1S/C4H11BO2.C3H8O2/c1-2-3-4-5(6)7;4-2-1-3-5/h6-7H,2-4H2,1H3;4-5H,1-3H2. The Morgan fingerprint density at radius 3 is 1.58 bits per heavy atom. The molecule has 4 nitrogen and oxygen atoms in total. The molecule has 4 N–H and O–H groups in total. The molecule has 0 fully saturated rings. The minimum Gasteiger partial charge on any atom is -0.427 e. The smallest absolute Gasteiger partial charge is 0.427 e. The number of aliphatic hydroxyl groups excluding tert-OH is 2. The van der Waals surface area contributed by atoms with Crippen LogP contribution in [-0.2, 0) is 0 Å². The highest BCUT2D eigenvalue weighted by molar-refractivity contribution is 6.40. The highest BCUT2D eigenvalue weighted by atomic mass is 16.4. The SMILES string of the molecule is CCCCB(O)O.OCCCO. The van der Waals surface area contributed by atoms with Gasteiger partial charge in [0.2, 0.25) is 0 Å². The molecule has 0 atom stereocenters. The fourth-order valence-electron chi connectivity index (χ4n) is 0.457. The molecule has 0 aromatic heterocycles. The summed E-state index contributed by atoms with van der Waals surface area (Å²) in [5, 5.41) is 32.3. The quantitative estimate of drug-likeness (QED) is 0.432. The summed E-state index contributed by atoms with van der Waals surface area (Å²) in [6.07, 6.45) is 2.94. The van der Waals surface area contributed by atoms with E-state index in [9.17, 15) is 0 Å². The Morgan fingerprint density at radius 1 is 1.00 bits per heavy atom. The van der Waals surface area contributed by atoms with Gasteiger partial charge in [0, 0.05) is 13.2 Å². The lowest BCUT2D eigenvalue weighted by Gasteiger charge is -1.91. The van der Waals surface area contributed by atoms with Crippen LogP contribution in [0.2, 0.25) is 6.32 Å². The summed E-state index contributed by atoms with van der Waals surface area (Å²) in [4.78, 5) is 0. The zero-order chi connectivity index (χ0) is 9.82. The molecule has 12 heavy (non-hydrogen) atoms. The fraction of sp³-hybridized carbons (Fsp3) is 1.00. The van der Waals surface area contributed by atoms with E-state index in [4.69, 9.17) is 20.3 Å². The molecule has 0 aliphatic carbocycles. The van der Waals surface area contributed by atoms with Crippen molar-refractivity contribution in [1.29, 1.82) is 0 Å². The summed E-state index contributed by atoms with van der Waals surface area (Å²) < 4.78 is 0. The topological polar surface area (TPSA) is 80.9 Å². The van der Waals surface area contributed by atoms with E-state index in [1.165, 1.54) is 0 Å². The third kappa shape index (κ3) is 22.5. The van der Waals surface area contributed by atoms with Gasteiger partial charge in [-0.3, -0.25) is 0 Å². The van der Waals surface area contributed by atoms with E-state index >= 15 is 0 Å². The fourth-order valence-corrected chi connectivity index (χ4v) is 0.457. The molecule has 0 aliphatic heterocycles. The summed E-state index contributed by atoms with van der Waals surface area (Å²) in [5.41, 5.74) is 0. The van der Waals surface area contributed by atoms with Gasteiger partial charge < -0.3 is 20.3 Å². The lowest BCUT2D eigenvalue weighted by molar-refractivity contribution is 0.221. The maximum absolute atomic E-state index is 8.24. The van der Waals surface area contributed by atoms with Crippen molar-refractivity contribution in [2.24, 2.45) is 0 Å². The zero-order valence-corrected chi connectivity index (χ0v) is 7.61. The maximum Gasteiger partial charge on any atom is 0.451 e. The van der Waals surface area contributed by atoms with Gasteiger partial charge in [0.1, 0.15) is 0 Å². The third-order valence-corrected chi connectivity index (χ3v) is 1.13. The molecular formula is C7H19BO4. The van der Waals surface area contributed by atoms with Gasteiger partial charge in [0.05, 0.1) is 0 Å². The molecule has 0 spiro atoms. The Bertz CT molecular complexity index is 68.4. The predicted molar refractivity (Wildman–Crippen MR) is 48.7 cm³/mol. The lowest BCUT2D eigenvalue weighted by atomic mass is 9.84. The molecule has 0 amide bonds. The van der Waals surface area contributed by atoms with Crippen molar-refractivity contribution in [3.63, 3.8) is 0 Å². The van der Waals surface area contributed by atoms with E-state index in [1.807, 2.05) is 6.92 Å². The average Bonchev–Trinajstić information content (AvgIpc) is 2.03. The second kappa shape index (κ2) is 13.5. The molecule has 0 radical (unpaired) electrons. The van der Waals surface area contributed by atoms with E-state index in [-0.39, 0.29) is 13.2 Å². The molecule has 0 aliphatic rings. The lowest BCUT2D eigenvalue weighted by Crippen LogP contribution is -2.08. The monoisotopic (exact) mass is 178 g/mol. The Kier molecular flexibility index (Phi) is 16.2. The minimum absolute atomic E-state index is 0.0938. The number of hydrogen-bond acceptors (Lipinski definition) is 4. The molecular weight excluding hydrogens is 159 g/mol. The van der Waals surface area contributed by atoms with Gasteiger partial charge in [-0.15, -0.1) is 0 Å². The van der Waals surface area contributed by atoms with Gasteiger partial charge >= 0.3 is 7.12 Å². The normalized spacial score (nSPS) is 8.75. The Morgan fingerprint density at radius 2 is 1.50 bits per heavy atom.